The molecule has 8 nitrogen and oxygen atoms in total. The highest BCUT2D eigenvalue weighted by Gasteiger charge is 2.32. The van der Waals surface area contributed by atoms with Crippen LogP contribution in [0.5, 0.6) is 6.01 Å². The standard InChI is InChI=1S/C25H36N4O4/c1-5-25(6-2,15-23(30)31)18-8-9-22(29(7-3)20-10-12-33-13-11-20)21(14-18)28-19-16-26-24(32-4)27-17-19/h8-9,14,16-17,20,28H,5-7,10-13,15H2,1-4H3,(H,30,31). The number of rotatable bonds is 11. The molecular weight excluding hydrogens is 420 g/mol. The third kappa shape index (κ3) is 5.74. The number of anilines is 3. The molecule has 2 aromatic rings. The van der Waals surface area contributed by atoms with Gasteiger partial charge < -0.3 is 24.8 Å². The topological polar surface area (TPSA) is 96.8 Å². The van der Waals surface area contributed by atoms with Crippen molar-refractivity contribution in [2.75, 3.05) is 37.1 Å². The zero-order valence-electron chi connectivity index (χ0n) is 20.1. The molecule has 1 saturated heterocycles. The maximum absolute atomic E-state index is 11.7. The first-order chi connectivity index (χ1) is 16.0. The van der Waals surface area contributed by atoms with E-state index in [0.717, 1.165) is 68.1 Å². The number of aromatic nitrogens is 2. The molecule has 2 N–H and O–H groups in total. The Balaban J connectivity index is 2.06. The Labute approximate surface area is 196 Å². The van der Waals surface area contributed by atoms with Crippen molar-refractivity contribution >= 4 is 23.0 Å². The number of ether oxygens (including phenoxy) is 2. The Morgan fingerprint density at radius 3 is 2.42 bits per heavy atom. The fourth-order valence-corrected chi connectivity index (χ4v) is 4.78. The van der Waals surface area contributed by atoms with Crippen LogP contribution < -0.4 is 15.0 Å². The average Bonchev–Trinajstić information content (AvgIpc) is 2.85. The summed E-state index contributed by atoms with van der Waals surface area (Å²) in [6.45, 7) is 8.68. The van der Waals surface area contributed by atoms with Gasteiger partial charge >= 0.3 is 12.0 Å². The molecule has 1 aromatic heterocycles. The van der Waals surface area contributed by atoms with E-state index < -0.39 is 11.4 Å². The summed E-state index contributed by atoms with van der Waals surface area (Å²) in [5, 5.41) is 13.1. The number of methoxy groups -OCH3 is 1. The van der Waals surface area contributed by atoms with E-state index in [1.807, 2.05) is 0 Å². The molecule has 1 fully saturated rings. The highest BCUT2D eigenvalue weighted by molar-refractivity contribution is 5.77. The molecule has 1 aliphatic rings. The number of hydrogen-bond donors (Lipinski definition) is 2. The van der Waals surface area contributed by atoms with Gasteiger partial charge in [-0.05, 0) is 50.3 Å². The lowest BCUT2D eigenvalue weighted by molar-refractivity contribution is -0.138. The second-order valence-electron chi connectivity index (χ2n) is 8.50. The van der Waals surface area contributed by atoms with E-state index in [9.17, 15) is 9.90 Å². The van der Waals surface area contributed by atoms with Crippen LogP contribution in [0.3, 0.4) is 0 Å². The second kappa shape index (κ2) is 11.3. The van der Waals surface area contributed by atoms with Gasteiger partial charge in [0.05, 0.1) is 43.0 Å². The summed E-state index contributed by atoms with van der Waals surface area (Å²) in [5.41, 5.74) is 3.35. The number of nitrogens with zero attached hydrogens (tertiary/aromatic N) is 3. The Bertz CT molecular complexity index is 909. The number of hydrogen-bond acceptors (Lipinski definition) is 7. The molecule has 0 saturated carbocycles. The predicted octanol–water partition coefficient (Wildman–Crippen LogP) is 4.77. The van der Waals surface area contributed by atoms with Crippen molar-refractivity contribution in [1.82, 2.24) is 9.97 Å². The number of carboxylic acid groups (broad SMARTS) is 1. The molecule has 1 aromatic carbocycles. The van der Waals surface area contributed by atoms with Crippen LogP contribution in [0.2, 0.25) is 0 Å². The fourth-order valence-electron chi connectivity index (χ4n) is 4.78. The minimum atomic E-state index is -0.779. The predicted molar refractivity (Wildman–Crippen MR) is 130 cm³/mol. The van der Waals surface area contributed by atoms with E-state index in [0.29, 0.717) is 12.1 Å². The van der Waals surface area contributed by atoms with Gasteiger partial charge in [0.2, 0.25) is 0 Å². The maximum atomic E-state index is 11.7. The number of benzene rings is 1. The molecule has 0 aliphatic carbocycles. The summed E-state index contributed by atoms with van der Waals surface area (Å²) in [5.74, 6) is -0.779. The normalized spacial score (nSPS) is 14.7. The van der Waals surface area contributed by atoms with Crippen LogP contribution >= 0.6 is 0 Å². The largest absolute Gasteiger partial charge is 0.481 e. The average molecular weight is 457 g/mol. The number of carboxylic acids is 1. The summed E-state index contributed by atoms with van der Waals surface area (Å²) in [6, 6.07) is 7.04. The Morgan fingerprint density at radius 2 is 1.88 bits per heavy atom. The second-order valence-corrected chi connectivity index (χ2v) is 8.50. The van der Waals surface area contributed by atoms with Crippen LogP contribution in [0.4, 0.5) is 17.1 Å². The smallest absolute Gasteiger partial charge is 0.316 e. The molecule has 0 unspecified atom stereocenters. The molecule has 0 atom stereocenters. The molecule has 1 aliphatic heterocycles. The van der Waals surface area contributed by atoms with Gasteiger partial charge in [-0.2, -0.15) is 0 Å². The Kier molecular flexibility index (Phi) is 8.49. The highest BCUT2D eigenvalue weighted by Crippen LogP contribution is 2.40. The zero-order chi connectivity index (χ0) is 23.8. The first kappa shape index (κ1) is 24.8. The van der Waals surface area contributed by atoms with Crippen LogP contribution in [0.25, 0.3) is 0 Å². The number of aliphatic carboxylic acids is 1. The van der Waals surface area contributed by atoms with E-state index in [1.165, 1.54) is 7.11 Å². The van der Waals surface area contributed by atoms with E-state index >= 15 is 0 Å². The summed E-state index contributed by atoms with van der Waals surface area (Å²) < 4.78 is 10.7. The minimum absolute atomic E-state index is 0.0991. The maximum Gasteiger partial charge on any atom is 0.316 e. The van der Waals surface area contributed by atoms with Gasteiger partial charge in [0.15, 0.2) is 0 Å². The van der Waals surface area contributed by atoms with Gasteiger partial charge in [-0.1, -0.05) is 19.9 Å². The van der Waals surface area contributed by atoms with Crippen LogP contribution in [0.15, 0.2) is 30.6 Å². The number of nitrogens with one attached hydrogen (secondary N) is 1. The SMILES string of the molecule is CCN(c1ccc(C(CC)(CC)CC(=O)O)cc1Nc1cnc(OC)nc1)C1CCOCC1. The van der Waals surface area contributed by atoms with Crippen LogP contribution in [-0.2, 0) is 14.9 Å². The van der Waals surface area contributed by atoms with Crippen molar-refractivity contribution < 1.29 is 19.4 Å². The molecular formula is C25H36N4O4. The third-order valence-corrected chi connectivity index (χ3v) is 6.82. The van der Waals surface area contributed by atoms with Gasteiger partial charge in [0.25, 0.3) is 0 Å². The van der Waals surface area contributed by atoms with Crippen molar-refractivity contribution in [2.45, 2.75) is 64.3 Å². The number of carbonyl (C=O) groups is 1. The van der Waals surface area contributed by atoms with E-state index in [4.69, 9.17) is 9.47 Å². The van der Waals surface area contributed by atoms with E-state index in [-0.39, 0.29) is 6.42 Å². The van der Waals surface area contributed by atoms with Crippen molar-refractivity contribution in [2.24, 2.45) is 0 Å². The summed E-state index contributed by atoms with van der Waals surface area (Å²) in [6.07, 6.45) is 6.94. The van der Waals surface area contributed by atoms with Gasteiger partial charge in [-0.15, -0.1) is 0 Å². The molecule has 0 spiro atoms. The monoisotopic (exact) mass is 456 g/mol. The summed E-state index contributed by atoms with van der Waals surface area (Å²) in [7, 11) is 1.54. The quantitative estimate of drug-likeness (QED) is 0.499. The third-order valence-electron chi connectivity index (χ3n) is 6.82. The molecule has 180 valence electrons. The van der Waals surface area contributed by atoms with Gasteiger partial charge in [0, 0.05) is 31.2 Å². The molecule has 3 rings (SSSR count). The molecule has 0 amide bonds. The van der Waals surface area contributed by atoms with Crippen molar-refractivity contribution in [1.29, 1.82) is 0 Å². The van der Waals surface area contributed by atoms with Crippen molar-refractivity contribution in [3.05, 3.63) is 36.2 Å². The zero-order valence-corrected chi connectivity index (χ0v) is 20.1. The van der Waals surface area contributed by atoms with Crippen LogP contribution in [0, 0.1) is 0 Å². The first-order valence-corrected chi connectivity index (χ1v) is 11.8. The van der Waals surface area contributed by atoms with Gasteiger partial charge in [0.1, 0.15) is 0 Å². The van der Waals surface area contributed by atoms with E-state index in [1.54, 1.807) is 12.4 Å². The molecule has 33 heavy (non-hydrogen) atoms. The van der Waals surface area contributed by atoms with Crippen molar-refractivity contribution in [3.63, 3.8) is 0 Å². The first-order valence-electron chi connectivity index (χ1n) is 11.8. The molecule has 0 radical (unpaired) electrons. The Hall–Kier alpha value is -2.87. The fraction of sp³-hybridized carbons (Fsp3) is 0.560. The minimum Gasteiger partial charge on any atom is -0.481 e. The van der Waals surface area contributed by atoms with E-state index in [2.05, 4.69) is 59.2 Å². The molecule has 8 heteroatoms. The highest BCUT2D eigenvalue weighted by atomic mass is 16.5. The molecule has 0 bridgehead atoms. The Morgan fingerprint density at radius 1 is 1.21 bits per heavy atom. The van der Waals surface area contributed by atoms with Crippen LogP contribution in [0.1, 0.15) is 58.4 Å². The summed E-state index contributed by atoms with van der Waals surface area (Å²) >= 11 is 0. The lowest BCUT2D eigenvalue weighted by atomic mass is 9.73. The lowest BCUT2D eigenvalue weighted by Crippen LogP contribution is -2.39. The summed E-state index contributed by atoms with van der Waals surface area (Å²) in [4.78, 5) is 22.6. The molecule has 2 heterocycles. The lowest BCUT2D eigenvalue weighted by Gasteiger charge is -2.38. The van der Waals surface area contributed by atoms with Crippen molar-refractivity contribution in [3.8, 4) is 6.01 Å². The van der Waals surface area contributed by atoms with Crippen LogP contribution in [-0.4, -0.2) is 54.0 Å². The van der Waals surface area contributed by atoms with Gasteiger partial charge in [-0.25, -0.2) is 9.97 Å². The van der Waals surface area contributed by atoms with Gasteiger partial charge in [-0.3, -0.25) is 4.79 Å².